The van der Waals surface area contributed by atoms with Crippen LogP contribution in [0.5, 0.6) is 0 Å². The lowest BCUT2D eigenvalue weighted by Gasteiger charge is -2.08. The molecule has 1 unspecified atom stereocenters. The molecule has 13 heavy (non-hydrogen) atoms. The fourth-order valence-electron chi connectivity index (χ4n) is 1.10. The maximum atomic E-state index is 10.7. The van der Waals surface area contributed by atoms with Gasteiger partial charge in [-0.3, -0.25) is 9.88 Å². The van der Waals surface area contributed by atoms with E-state index in [9.17, 15) is 4.57 Å². The number of furan rings is 1. The van der Waals surface area contributed by atoms with Gasteiger partial charge in [0, 0.05) is 0 Å². The van der Waals surface area contributed by atoms with Gasteiger partial charge in [-0.15, -0.1) is 0 Å². The van der Waals surface area contributed by atoms with Gasteiger partial charge in [-0.1, -0.05) is 13.3 Å². The standard InChI is InChI=1S/C9H14NO2P/c1-2-4-9(13-11)10-7-8-5-3-6-12-8/h3,5-6,9-10H,2,4,7H2,1H3. The monoisotopic (exact) mass is 199 g/mol. The molecule has 1 N–H and O–H groups in total. The van der Waals surface area contributed by atoms with Gasteiger partial charge in [0.15, 0.2) is 8.46 Å². The molecule has 0 aliphatic rings. The number of hydrogen-bond acceptors (Lipinski definition) is 3. The lowest BCUT2D eigenvalue weighted by molar-refractivity contribution is 0.467. The zero-order valence-electron chi connectivity index (χ0n) is 7.69. The maximum absolute atomic E-state index is 10.7. The summed E-state index contributed by atoms with van der Waals surface area (Å²) in [5, 5.41) is 3.15. The minimum atomic E-state index is 0.0510. The van der Waals surface area contributed by atoms with Gasteiger partial charge in [0.2, 0.25) is 0 Å². The van der Waals surface area contributed by atoms with Crippen LogP contribution in [0.25, 0.3) is 0 Å². The molecule has 72 valence electrons. The molecule has 0 aromatic carbocycles. The van der Waals surface area contributed by atoms with Crippen LogP contribution in [0.1, 0.15) is 25.5 Å². The zero-order valence-corrected chi connectivity index (χ0v) is 8.59. The van der Waals surface area contributed by atoms with Crippen molar-refractivity contribution in [2.45, 2.75) is 32.1 Å². The minimum Gasteiger partial charge on any atom is -0.468 e. The van der Waals surface area contributed by atoms with Crippen molar-refractivity contribution >= 4 is 8.46 Å². The Morgan fingerprint density at radius 2 is 2.54 bits per heavy atom. The number of hydrogen-bond donors (Lipinski definition) is 1. The van der Waals surface area contributed by atoms with Crippen LogP contribution in [0.2, 0.25) is 0 Å². The molecule has 0 bridgehead atoms. The average Bonchev–Trinajstić information content (AvgIpc) is 2.64. The van der Waals surface area contributed by atoms with Crippen LogP contribution in [0, 0.1) is 0 Å². The maximum Gasteiger partial charge on any atom is 0.174 e. The summed E-state index contributed by atoms with van der Waals surface area (Å²) in [6.07, 6.45) is 3.59. The van der Waals surface area contributed by atoms with Crippen LogP contribution in [0.4, 0.5) is 0 Å². The van der Waals surface area contributed by atoms with Crippen LogP contribution in [-0.4, -0.2) is 5.78 Å². The van der Waals surface area contributed by atoms with Crippen molar-refractivity contribution in [3.63, 3.8) is 0 Å². The molecule has 1 aromatic heterocycles. The van der Waals surface area contributed by atoms with Gasteiger partial charge >= 0.3 is 0 Å². The predicted molar refractivity (Wildman–Crippen MR) is 51.9 cm³/mol. The van der Waals surface area contributed by atoms with E-state index < -0.39 is 0 Å². The molecule has 0 amide bonds. The Hall–Kier alpha value is -0.660. The first kappa shape index (κ1) is 10.4. The summed E-state index contributed by atoms with van der Waals surface area (Å²) >= 11 is 0. The summed E-state index contributed by atoms with van der Waals surface area (Å²) in [4.78, 5) is 0. The molecule has 1 atom stereocenters. The van der Waals surface area contributed by atoms with Crippen molar-refractivity contribution in [1.82, 2.24) is 5.32 Å². The summed E-state index contributed by atoms with van der Waals surface area (Å²) in [6.45, 7) is 2.72. The molecule has 1 heterocycles. The summed E-state index contributed by atoms with van der Waals surface area (Å²) in [7, 11) is 0.164. The van der Waals surface area contributed by atoms with Gasteiger partial charge in [-0.2, -0.15) is 0 Å². The fraction of sp³-hybridized carbons (Fsp3) is 0.556. The Morgan fingerprint density at radius 3 is 3.08 bits per heavy atom. The average molecular weight is 199 g/mol. The second kappa shape index (κ2) is 5.90. The Labute approximate surface area is 79.7 Å². The number of nitrogens with one attached hydrogen (secondary N) is 1. The van der Waals surface area contributed by atoms with Crippen LogP contribution in [-0.2, 0) is 11.1 Å². The lowest BCUT2D eigenvalue weighted by atomic mass is 10.3. The molecule has 0 spiro atoms. The molecule has 0 fully saturated rings. The molecule has 0 aliphatic heterocycles. The summed E-state index contributed by atoms with van der Waals surface area (Å²) in [6, 6.07) is 3.75. The Bertz CT molecular complexity index is 236. The van der Waals surface area contributed by atoms with Crippen LogP contribution in [0.3, 0.4) is 0 Å². The first-order valence-electron chi connectivity index (χ1n) is 4.45. The second-order valence-corrected chi connectivity index (χ2v) is 3.70. The third kappa shape index (κ3) is 3.71. The second-order valence-electron chi connectivity index (χ2n) is 2.87. The summed E-state index contributed by atoms with van der Waals surface area (Å²) < 4.78 is 15.8. The highest BCUT2D eigenvalue weighted by Crippen LogP contribution is 2.11. The molecular weight excluding hydrogens is 185 g/mol. The van der Waals surface area contributed by atoms with E-state index in [1.807, 2.05) is 12.1 Å². The molecule has 0 saturated heterocycles. The van der Waals surface area contributed by atoms with Crippen molar-refractivity contribution in [2.75, 3.05) is 0 Å². The Balaban J connectivity index is 2.27. The van der Waals surface area contributed by atoms with Gasteiger partial charge in [0.05, 0.1) is 18.6 Å². The van der Waals surface area contributed by atoms with Crippen LogP contribution in [0.15, 0.2) is 22.8 Å². The van der Waals surface area contributed by atoms with Crippen molar-refractivity contribution in [3.8, 4) is 0 Å². The molecule has 4 heteroatoms. The molecule has 3 nitrogen and oxygen atoms in total. The first-order chi connectivity index (χ1) is 6.36. The van der Waals surface area contributed by atoms with E-state index in [2.05, 4.69) is 12.2 Å². The zero-order chi connectivity index (χ0) is 9.52. The largest absolute Gasteiger partial charge is 0.468 e. The van der Waals surface area contributed by atoms with E-state index in [4.69, 9.17) is 4.42 Å². The SMILES string of the molecule is CCCC(NCc1ccco1)P=O. The van der Waals surface area contributed by atoms with E-state index in [0.717, 1.165) is 18.6 Å². The highest BCUT2D eigenvalue weighted by molar-refractivity contribution is 7.24. The molecule has 0 aliphatic carbocycles. The Morgan fingerprint density at radius 1 is 1.69 bits per heavy atom. The fourth-order valence-corrected chi connectivity index (χ4v) is 1.63. The van der Waals surface area contributed by atoms with Crippen LogP contribution >= 0.6 is 8.46 Å². The van der Waals surface area contributed by atoms with Gasteiger partial charge in [0.25, 0.3) is 0 Å². The summed E-state index contributed by atoms with van der Waals surface area (Å²) in [5.74, 6) is 0.930. The third-order valence-corrected chi connectivity index (χ3v) is 2.48. The topological polar surface area (TPSA) is 42.2 Å². The predicted octanol–water partition coefficient (Wildman–Crippen LogP) is 2.79. The normalized spacial score (nSPS) is 13.3. The highest BCUT2D eigenvalue weighted by Gasteiger charge is 2.06. The third-order valence-electron chi connectivity index (χ3n) is 1.78. The van der Waals surface area contributed by atoms with E-state index in [1.165, 1.54) is 0 Å². The Kier molecular flexibility index (Phi) is 4.73. The molecule has 0 radical (unpaired) electrons. The molecule has 1 aromatic rings. The van der Waals surface area contributed by atoms with Gasteiger partial charge in [-0.05, 0) is 18.6 Å². The van der Waals surface area contributed by atoms with E-state index in [-0.39, 0.29) is 14.2 Å². The highest BCUT2D eigenvalue weighted by atomic mass is 31.1. The van der Waals surface area contributed by atoms with Gasteiger partial charge in [-0.25, -0.2) is 0 Å². The van der Waals surface area contributed by atoms with Crippen molar-refractivity contribution in [2.24, 2.45) is 0 Å². The smallest absolute Gasteiger partial charge is 0.174 e. The van der Waals surface area contributed by atoms with E-state index in [1.54, 1.807) is 6.26 Å². The first-order valence-corrected chi connectivity index (χ1v) is 5.33. The quantitative estimate of drug-likeness (QED) is 0.716. The van der Waals surface area contributed by atoms with Crippen LogP contribution < -0.4 is 5.32 Å². The van der Waals surface area contributed by atoms with Crippen molar-refractivity contribution < 1.29 is 8.98 Å². The molecule has 0 saturated carbocycles. The molecule has 1 rings (SSSR count). The van der Waals surface area contributed by atoms with E-state index in [0.29, 0.717) is 6.54 Å². The van der Waals surface area contributed by atoms with Gasteiger partial charge < -0.3 is 4.42 Å². The van der Waals surface area contributed by atoms with E-state index >= 15 is 0 Å². The van der Waals surface area contributed by atoms with Crippen molar-refractivity contribution in [1.29, 1.82) is 0 Å². The lowest BCUT2D eigenvalue weighted by Crippen LogP contribution is -2.22. The summed E-state index contributed by atoms with van der Waals surface area (Å²) in [5.41, 5.74) is 0. The minimum absolute atomic E-state index is 0.0510. The van der Waals surface area contributed by atoms with Gasteiger partial charge in [0.1, 0.15) is 5.76 Å². The van der Waals surface area contributed by atoms with Crippen molar-refractivity contribution in [3.05, 3.63) is 24.2 Å². The number of rotatable bonds is 6. The molecular formula is C9H14NO2P.